The van der Waals surface area contributed by atoms with Gasteiger partial charge in [0.2, 0.25) is 0 Å². The maximum atomic E-state index is 10.8. The summed E-state index contributed by atoms with van der Waals surface area (Å²) in [5.74, 6) is 0.716. The van der Waals surface area contributed by atoms with E-state index in [0.29, 0.717) is 12.4 Å². The van der Waals surface area contributed by atoms with Crippen molar-refractivity contribution in [2.45, 2.75) is 31.3 Å². The zero-order chi connectivity index (χ0) is 14.0. The zero-order valence-corrected chi connectivity index (χ0v) is 11.6. The van der Waals surface area contributed by atoms with Crippen molar-refractivity contribution in [2.75, 3.05) is 6.61 Å². The van der Waals surface area contributed by atoms with Crippen LogP contribution in [0.4, 0.5) is 0 Å². The fourth-order valence-corrected chi connectivity index (χ4v) is 2.77. The number of hydrogen-bond donors (Lipinski definition) is 1. The molecule has 1 aromatic carbocycles. The molecule has 104 valence electrons. The lowest BCUT2D eigenvalue weighted by Gasteiger charge is -2.23. The van der Waals surface area contributed by atoms with E-state index in [4.69, 9.17) is 4.74 Å². The molecular formula is C17H19NO2. The van der Waals surface area contributed by atoms with Crippen molar-refractivity contribution in [1.82, 2.24) is 4.98 Å². The summed E-state index contributed by atoms with van der Waals surface area (Å²) in [7, 11) is 0. The molecule has 3 heteroatoms. The summed E-state index contributed by atoms with van der Waals surface area (Å²) in [6.07, 6.45) is 4.91. The van der Waals surface area contributed by atoms with Crippen LogP contribution in [0, 0.1) is 0 Å². The maximum absolute atomic E-state index is 10.8. The standard InChI is InChI=1S/C17H19NO2/c1-2-20-15-10-13(11-18-12-15)16(19)17(8-9-17)14-6-4-3-5-7-14/h3-7,10-12,16,19H,2,8-9H2,1H3. The fourth-order valence-electron chi connectivity index (χ4n) is 2.77. The number of aromatic nitrogens is 1. The van der Waals surface area contributed by atoms with Crippen LogP contribution in [0.2, 0.25) is 0 Å². The predicted molar refractivity (Wildman–Crippen MR) is 77.7 cm³/mol. The molecule has 1 aliphatic carbocycles. The van der Waals surface area contributed by atoms with Gasteiger partial charge in [-0.1, -0.05) is 30.3 Å². The summed E-state index contributed by atoms with van der Waals surface area (Å²) in [5, 5.41) is 10.8. The predicted octanol–water partition coefficient (Wildman–Crippen LogP) is 3.25. The van der Waals surface area contributed by atoms with Crippen molar-refractivity contribution in [2.24, 2.45) is 0 Å². The normalized spacial score (nSPS) is 17.5. The minimum absolute atomic E-state index is 0.145. The molecule has 3 nitrogen and oxygen atoms in total. The maximum Gasteiger partial charge on any atom is 0.137 e. The molecule has 20 heavy (non-hydrogen) atoms. The first-order valence-electron chi connectivity index (χ1n) is 7.07. The van der Waals surface area contributed by atoms with E-state index in [1.54, 1.807) is 12.4 Å². The van der Waals surface area contributed by atoms with Gasteiger partial charge in [-0.3, -0.25) is 4.98 Å². The van der Waals surface area contributed by atoms with Gasteiger partial charge in [-0.05, 0) is 31.4 Å². The molecule has 1 saturated carbocycles. The number of rotatable bonds is 5. The van der Waals surface area contributed by atoms with Crippen molar-refractivity contribution in [3.05, 3.63) is 59.9 Å². The SMILES string of the molecule is CCOc1cncc(C(O)C2(c3ccccc3)CC2)c1. The number of hydrogen-bond acceptors (Lipinski definition) is 3. The zero-order valence-electron chi connectivity index (χ0n) is 11.6. The molecule has 1 unspecified atom stereocenters. The van der Waals surface area contributed by atoms with Crippen LogP contribution < -0.4 is 4.74 Å². The van der Waals surface area contributed by atoms with Crippen LogP contribution in [-0.2, 0) is 5.41 Å². The lowest BCUT2D eigenvalue weighted by molar-refractivity contribution is 0.132. The highest BCUT2D eigenvalue weighted by Crippen LogP contribution is 2.56. The highest BCUT2D eigenvalue weighted by Gasteiger charge is 2.50. The van der Waals surface area contributed by atoms with E-state index >= 15 is 0 Å². The molecule has 1 fully saturated rings. The van der Waals surface area contributed by atoms with Gasteiger partial charge in [-0.25, -0.2) is 0 Å². The minimum atomic E-state index is -0.530. The molecule has 3 rings (SSSR count). The second-order valence-electron chi connectivity index (χ2n) is 5.31. The van der Waals surface area contributed by atoms with Crippen LogP contribution in [0.1, 0.15) is 37.0 Å². The minimum Gasteiger partial charge on any atom is -0.492 e. The smallest absolute Gasteiger partial charge is 0.137 e. The van der Waals surface area contributed by atoms with Crippen molar-refractivity contribution >= 4 is 0 Å². The van der Waals surface area contributed by atoms with Gasteiger partial charge in [-0.15, -0.1) is 0 Å². The Balaban J connectivity index is 1.89. The average Bonchev–Trinajstić information content (AvgIpc) is 3.30. The van der Waals surface area contributed by atoms with Gasteiger partial charge in [0.25, 0.3) is 0 Å². The summed E-state index contributed by atoms with van der Waals surface area (Å²) < 4.78 is 5.46. The van der Waals surface area contributed by atoms with Gasteiger partial charge in [-0.2, -0.15) is 0 Å². The monoisotopic (exact) mass is 269 g/mol. The lowest BCUT2D eigenvalue weighted by atomic mass is 9.86. The first-order valence-corrected chi connectivity index (χ1v) is 7.07. The Kier molecular flexibility index (Phi) is 3.45. The van der Waals surface area contributed by atoms with Gasteiger partial charge < -0.3 is 9.84 Å². The van der Waals surface area contributed by atoms with E-state index in [2.05, 4.69) is 17.1 Å². The molecular weight excluding hydrogens is 250 g/mol. The third-order valence-electron chi connectivity index (χ3n) is 4.02. The number of aliphatic hydroxyl groups is 1. The van der Waals surface area contributed by atoms with Crippen LogP contribution in [0.25, 0.3) is 0 Å². The molecule has 1 heterocycles. The van der Waals surface area contributed by atoms with Crippen LogP contribution in [0.5, 0.6) is 5.75 Å². The molecule has 0 spiro atoms. The van der Waals surface area contributed by atoms with Crippen molar-refractivity contribution in [1.29, 1.82) is 0 Å². The molecule has 0 amide bonds. The van der Waals surface area contributed by atoms with Crippen LogP contribution >= 0.6 is 0 Å². The van der Waals surface area contributed by atoms with Crippen LogP contribution in [-0.4, -0.2) is 16.7 Å². The molecule has 2 aromatic rings. The van der Waals surface area contributed by atoms with Crippen molar-refractivity contribution in [3.8, 4) is 5.75 Å². The topological polar surface area (TPSA) is 42.4 Å². The Morgan fingerprint density at radius 1 is 1.25 bits per heavy atom. The molecule has 0 bridgehead atoms. The summed E-state index contributed by atoms with van der Waals surface area (Å²) in [5.41, 5.74) is 1.89. The highest BCUT2D eigenvalue weighted by molar-refractivity contribution is 5.38. The van der Waals surface area contributed by atoms with Crippen LogP contribution in [0.3, 0.4) is 0 Å². The molecule has 1 atom stereocenters. The number of nitrogens with zero attached hydrogens (tertiary/aromatic N) is 1. The first kappa shape index (κ1) is 13.1. The van der Waals surface area contributed by atoms with E-state index in [1.807, 2.05) is 31.2 Å². The Bertz CT molecular complexity index is 579. The first-order chi connectivity index (χ1) is 9.76. The van der Waals surface area contributed by atoms with Crippen molar-refractivity contribution < 1.29 is 9.84 Å². The number of ether oxygens (including phenoxy) is 1. The summed E-state index contributed by atoms with van der Waals surface area (Å²) in [6, 6.07) is 12.1. The Labute approximate surface area is 119 Å². The molecule has 0 aliphatic heterocycles. The number of pyridine rings is 1. The third kappa shape index (κ3) is 2.29. The average molecular weight is 269 g/mol. The second kappa shape index (κ2) is 5.25. The molecule has 0 radical (unpaired) electrons. The van der Waals surface area contributed by atoms with Gasteiger partial charge in [0, 0.05) is 17.2 Å². The summed E-state index contributed by atoms with van der Waals surface area (Å²) >= 11 is 0. The van der Waals surface area contributed by atoms with E-state index < -0.39 is 6.10 Å². The van der Waals surface area contributed by atoms with E-state index in [0.717, 1.165) is 18.4 Å². The van der Waals surface area contributed by atoms with E-state index in [1.165, 1.54) is 5.56 Å². The number of aliphatic hydroxyl groups excluding tert-OH is 1. The van der Waals surface area contributed by atoms with Gasteiger partial charge in [0.05, 0.1) is 18.9 Å². The van der Waals surface area contributed by atoms with Crippen LogP contribution in [0.15, 0.2) is 48.8 Å². The van der Waals surface area contributed by atoms with Gasteiger partial charge >= 0.3 is 0 Å². The Morgan fingerprint density at radius 2 is 2.00 bits per heavy atom. The third-order valence-corrected chi connectivity index (χ3v) is 4.02. The molecule has 1 aromatic heterocycles. The summed E-state index contributed by atoms with van der Waals surface area (Å²) in [6.45, 7) is 2.54. The second-order valence-corrected chi connectivity index (χ2v) is 5.31. The Morgan fingerprint density at radius 3 is 2.65 bits per heavy atom. The van der Waals surface area contributed by atoms with Crippen molar-refractivity contribution in [3.63, 3.8) is 0 Å². The largest absolute Gasteiger partial charge is 0.492 e. The molecule has 1 aliphatic rings. The lowest BCUT2D eigenvalue weighted by Crippen LogP contribution is -2.18. The summed E-state index contributed by atoms with van der Waals surface area (Å²) in [4.78, 5) is 4.17. The number of benzene rings is 1. The van der Waals surface area contributed by atoms with Gasteiger partial charge in [0.15, 0.2) is 0 Å². The van der Waals surface area contributed by atoms with Gasteiger partial charge in [0.1, 0.15) is 5.75 Å². The van der Waals surface area contributed by atoms with E-state index in [9.17, 15) is 5.11 Å². The van der Waals surface area contributed by atoms with E-state index in [-0.39, 0.29) is 5.41 Å². The highest BCUT2D eigenvalue weighted by atomic mass is 16.5. The Hall–Kier alpha value is -1.87. The molecule has 1 N–H and O–H groups in total. The quantitative estimate of drug-likeness (QED) is 0.906. The fraction of sp³-hybridized carbons (Fsp3) is 0.353. The molecule has 0 saturated heterocycles.